The molecule has 4 rings (SSSR count). The number of nitrogens with zero attached hydrogens (tertiary/aromatic N) is 2. The van der Waals surface area contributed by atoms with Crippen molar-refractivity contribution < 1.29 is 14.3 Å². The second kappa shape index (κ2) is 7.45. The van der Waals surface area contributed by atoms with Crippen LogP contribution in [0.1, 0.15) is 18.4 Å². The van der Waals surface area contributed by atoms with E-state index >= 15 is 0 Å². The molecule has 1 fully saturated rings. The molecule has 1 heterocycles. The number of pyridine rings is 1. The summed E-state index contributed by atoms with van der Waals surface area (Å²) in [5.74, 6) is 1.66. The van der Waals surface area contributed by atoms with Crippen molar-refractivity contribution in [1.29, 1.82) is 5.26 Å². The first-order chi connectivity index (χ1) is 13.7. The van der Waals surface area contributed by atoms with Gasteiger partial charge in [-0.1, -0.05) is 0 Å². The Bertz CT molecular complexity index is 1070. The van der Waals surface area contributed by atoms with Crippen LogP contribution in [0.4, 0.5) is 10.5 Å². The number of amides is 2. The van der Waals surface area contributed by atoms with E-state index in [4.69, 9.17) is 9.47 Å². The van der Waals surface area contributed by atoms with Gasteiger partial charge in [-0.05, 0) is 49.2 Å². The lowest BCUT2D eigenvalue weighted by atomic mass is 10.1. The topological polar surface area (TPSA) is 96.3 Å². The molecule has 1 aliphatic carbocycles. The number of ether oxygens (including phenoxy) is 2. The third kappa shape index (κ3) is 3.81. The number of urea groups is 1. The number of carbonyl (C=O) groups is 1. The number of nitrogens with one attached hydrogen (secondary N) is 2. The molecule has 2 amide bonds. The van der Waals surface area contributed by atoms with Gasteiger partial charge in [-0.2, -0.15) is 5.26 Å². The van der Waals surface area contributed by atoms with Gasteiger partial charge in [0.05, 0.1) is 18.2 Å². The van der Waals surface area contributed by atoms with Gasteiger partial charge < -0.3 is 20.1 Å². The molecule has 2 aromatic carbocycles. The SMILES string of the molecule is COc1cc2nccc(Oc3ccc(NC(=O)NC4CC4)cc3)c2cc1C#N. The molecule has 0 unspecified atom stereocenters. The van der Waals surface area contributed by atoms with Crippen LogP contribution in [0, 0.1) is 11.3 Å². The van der Waals surface area contributed by atoms with Crippen molar-refractivity contribution in [1.82, 2.24) is 10.3 Å². The first-order valence-electron chi connectivity index (χ1n) is 8.88. The molecule has 140 valence electrons. The van der Waals surface area contributed by atoms with Crippen LogP contribution in [0.3, 0.4) is 0 Å². The third-order valence-corrected chi connectivity index (χ3v) is 4.40. The van der Waals surface area contributed by atoms with Crippen molar-refractivity contribution >= 4 is 22.6 Å². The Morgan fingerprint density at radius 2 is 1.96 bits per heavy atom. The highest BCUT2D eigenvalue weighted by molar-refractivity contribution is 5.90. The lowest BCUT2D eigenvalue weighted by Gasteiger charge is -2.11. The van der Waals surface area contributed by atoms with Gasteiger partial charge in [0, 0.05) is 29.4 Å². The Morgan fingerprint density at radius 1 is 1.18 bits per heavy atom. The highest BCUT2D eigenvalue weighted by atomic mass is 16.5. The van der Waals surface area contributed by atoms with Crippen LogP contribution in [0.15, 0.2) is 48.7 Å². The van der Waals surface area contributed by atoms with E-state index in [9.17, 15) is 10.1 Å². The number of fused-ring (bicyclic) bond motifs is 1. The van der Waals surface area contributed by atoms with Crippen LogP contribution in [0.2, 0.25) is 0 Å². The van der Waals surface area contributed by atoms with E-state index in [0.29, 0.717) is 45.4 Å². The van der Waals surface area contributed by atoms with Crippen LogP contribution in [-0.2, 0) is 0 Å². The quantitative estimate of drug-likeness (QED) is 0.698. The highest BCUT2D eigenvalue weighted by Crippen LogP contribution is 2.33. The fourth-order valence-corrected chi connectivity index (χ4v) is 2.81. The summed E-state index contributed by atoms with van der Waals surface area (Å²) >= 11 is 0. The second-order valence-electron chi connectivity index (χ2n) is 6.49. The summed E-state index contributed by atoms with van der Waals surface area (Å²) in [4.78, 5) is 16.1. The molecule has 1 aromatic heterocycles. The van der Waals surface area contributed by atoms with E-state index in [1.807, 2.05) is 0 Å². The van der Waals surface area contributed by atoms with Crippen molar-refractivity contribution in [3.63, 3.8) is 0 Å². The van der Waals surface area contributed by atoms with Crippen LogP contribution in [-0.4, -0.2) is 24.2 Å². The summed E-state index contributed by atoms with van der Waals surface area (Å²) in [5.41, 5.74) is 1.76. The molecule has 0 radical (unpaired) electrons. The van der Waals surface area contributed by atoms with E-state index < -0.39 is 0 Å². The zero-order valence-electron chi connectivity index (χ0n) is 15.2. The van der Waals surface area contributed by atoms with Crippen molar-refractivity contribution in [2.45, 2.75) is 18.9 Å². The van der Waals surface area contributed by atoms with Crippen LogP contribution in [0.5, 0.6) is 17.2 Å². The molecular weight excluding hydrogens is 356 g/mol. The van der Waals surface area contributed by atoms with E-state index in [-0.39, 0.29) is 6.03 Å². The predicted octanol–water partition coefficient (Wildman–Crippen LogP) is 4.19. The Labute approximate surface area is 161 Å². The normalized spacial score (nSPS) is 12.9. The maximum absolute atomic E-state index is 11.8. The summed E-state index contributed by atoms with van der Waals surface area (Å²) in [5, 5.41) is 15.7. The maximum atomic E-state index is 11.8. The zero-order valence-corrected chi connectivity index (χ0v) is 15.2. The molecule has 0 saturated heterocycles. The second-order valence-corrected chi connectivity index (χ2v) is 6.49. The molecular formula is C21H18N4O3. The molecule has 7 heteroatoms. The molecule has 0 spiro atoms. The third-order valence-electron chi connectivity index (χ3n) is 4.40. The van der Waals surface area contributed by atoms with Gasteiger partial charge in [0.2, 0.25) is 0 Å². The molecule has 28 heavy (non-hydrogen) atoms. The fraction of sp³-hybridized carbons (Fsp3) is 0.190. The van der Waals surface area contributed by atoms with Gasteiger partial charge in [0.1, 0.15) is 23.3 Å². The van der Waals surface area contributed by atoms with E-state index in [1.165, 1.54) is 7.11 Å². The average Bonchev–Trinajstić information content (AvgIpc) is 3.52. The predicted molar refractivity (Wildman–Crippen MR) is 105 cm³/mol. The lowest BCUT2D eigenvalue weighted by molar-refractivity contribution is 0.251. The van der Waals surface area contributed by atoms with Crippen molar-refractivity contribution in [3.05, 3.63) is 54.2 Å². The lowest BCUT2D eigenvalue weighted by Crippen LogP contribution is -2.30. The molecule has 1 saturated carbocycles. The number of hydrogen-bond acceptors (Lipinski definition) is 5. The first kappa shape index (κ1) is 17.6. The summed E-state index contributed by atoms with van der Waals surface area (Å²) < 4.78 is 11.2. The highest BCUT2D eigenvalue weighted by Gasteiger charge is 2.23. The Balaban J connectivity index is 1.54. The minimum Gasteiger partial charge on any atom is -0.495 e. The van der Waals surface area contributed by atoms with E-state index in [2.05, 4.69) is 21.7 Å². The minimum absolute atomic E-state index is 0.200. The van der Waals surface area contributed by atoms with Crippen molar-refractivity contribution in [2.75, 3.05) is 12.4 Å². The summed E-state index contributed by atoms with van der Waals surface area (Å²) in [6, 6.07) is 14.5. The number of methoxy groups -OCH3 is 1. The van der Waals surface area contributed by atoms with Gasteiger partial charge in [0.25, 0.3) is 0 Å². The number of hydrogen-bond donors (Lipinski definition) is 2. The number of rotatable bonds is 5. The molecule has 1 aliphatic rings. The monoisotopic (exact) mass is 374 g/mol. The average molecular weight is 374 g/mol. The van der Waals surface area contributed by atoms with Gasteiger partial charge in [0.15, 0.2) is 0 Å². The molecule has 0 atom stereocenters. The van der Waals surface area contributed by atoms with E-state index in [0.717, 1.165) is 12.8 Å². The maximum Gasteiger partial charge on any atom is 0.319 e. The summed E-state index contributed by atoms with van der Waals surface area (Å²) in [6.07, 6.45) is 3.72. The molecule has 0 bridgehead atoms. The van der Waals surface area contributed by atoms with Gasteiger partial charge in [-0.3, -0.25) is 4.98 Å². The van der Waals surface area contributed by atoms with Crippen LogP contribution in [0.25, 0.3) is 10.9 Å². The van der Waals surface area contributed by atoms with Crippen LogP contribution < -0.4 is 20.1 Å². The van der Waals surface area contributed by atoms with E-state index in [1.54, 1.807) is 48.7 Å². The molecule has 0 aliphatic heterocycles. The number of carbonyl (C=O) groups excluding carboxylic acids is 1. The largest absolute Gasteiger partial charge is 0.495 e. The molecule has 2 N–H and O–H groups in total. The number of benzene rings is 2. The molecule has 7 nitrogen and oxygen atoms in total. The Kier molecular flexibility index (Phi) is 4.68. The Morgan fingerprint density at radius 3 is 2.64 bits per heavy atom. The number of nitriles is 1. The number of anilines is 1. The van der Waals surface area contributed by atoms with Crippen molar-refractivity contribution in [2.24, 2.45) is 0 Å². The fourth-order valence-electron chi connectivity index (χ4n) is 2.81. The Hall–Kier alpha value is -3.79. The summed E-state index contributed by atoms with van der Waals surface area (Å²) in [6.45, 7) is 0. The van der Waals surface area contributed by atoms with Gasteiger partial charge in [-0.15, -0.1) is 0 Å². The van der Waals surface area contributed by atoms with Gasteiger partial charge in [-0.25, -0.2) is 4.79 Å². The first-order valence-corrected chi connectivity index (χ1v) is 8.88. The summed E-state index contributed by atoms with van der Waals surface area (Å²) in [7, 11) is 1.52. The minimum atomic E-state index is -0.200. The van der Waals surface area contributed by atoms with Crippen molar-refractivity contribution in [3.8, 4) is 23.3 Å². The molecule has 3 aromatic rings. The van der Waals surface area contributed by atoms with Crippen LogP contribution >= 0.6 is 0 Å². The smallest absolute Gasteiger partial charge is 0.319 e. The zero-order chi connectivity index (χ0) is 19.5. The van der Waals surface area contributed by atoms with Gasteiger partial charge >= 0.3 is 6.03 Å². The standard InChI is InChI=1S/C21H18N4O3/c1-27-20-11-18-17(10-13(20)12-22)19(8-9-23-18)28-16-6-4-15(5-7-16)25-21(26)24-14-2-3-14/h4-11,14H,2-3H2,1H3,(H2,24,25,26). The number of aromatic nitrogens is 1.